The molecule has 0 aromatic heterocycles. The topological polar surface area (TPSA) is 69.6 Å². The molecule has 2 N–H and O–H groups in total. The molecule has 0 unspecified atom stereocenters. The molecular weight excluding hydrogens is 411 g/mol. The van der Waals surface area contributed by atoms with Crippen LogP contribution in [0.15, 0.2) is 48.5 Å². The summed E-state index contributed by atoms with van der Waals surface area (Å²) < 4.78 is 0. The summed E-state index contributed by atoms with van der Waals surface area (Å²) in [6, 6.07) is 13.0. The molecule has 2 aromatic rings. The van der Waals surface area contributed by atoms with E-state index in [1.54, 1.807) is 24.3 Å². The van der Waals surface area contributed by atoms with Crippen molar-refractivity contribution in [1.29, 1.82) is 0 Å². The van der Waals surface area contributed by atoms with Crippen molar-refractivity contribution in [3.63, 3.8) is 0 Å². The van der Waals surface area contributed by atoms with Crippen LogP contribution in [0.4, 0.5) is 0 Å². The summed E-state index contributed by atoms with van der Waals surface area (Å²) >= 11 is 12.3. The molecule has 1 amide bonds. The standard InChI is InChI=1S/C22H24Cl2N2O3/c1-13(2)25-20(14-6-8-16(23)9-7-14)21(15-4-3-5-17(24)12-15)26-18(22(28)29)10-11-19(26)27/h3-9,12-13,18,20-21,25H,10-11H2,1-2H3,(H,28,29)/t18-,20+,21+/m1/s1. The van der Waals surface area contributed by atoms with Gasteiger partial charge in [-0.1, -0.05) is 61.3 Å². The molecule has 1 heterocycles. The Labute approximate surface area is 180 Å². The third-order valence-electron chi connectivity index (χ3n) is 5.09. The van der Waals surface area contributed by atoms with Crippen molar-refractivity contribution in [3.05, 3.63) is 69.7 Å². The molecule has 0 spiro atoms. The van der Waals surface area contributed by atoms with Gasteiger partial charge in [-0.25, -0.2) is 4.79 Å². The maximum atomic E-state index is 12.8. The summed E-state index contributed by atoms with van der Waals surface area (Å²) in [5.41, 5.74) is 1.70. The quantitative estimate of drug-likeness (QED) is 0.653. The minimum Gasteiger partial charge on any atom is -0.480 e. The fraction of sp³-hybridized carbons (Fsp3) is 0.364. The number of carboxylic acids is 1. The zero-order valence-electron chi connectivity index (χ0n) is 16.3. The van der Waals surface area contributed by atoms with Crippen molar-refractivity contribution in [3.8, 4) is 0 Å². The summed E-state index contributed by atoms with van der Waals surface area (Å²) in [7, 11) is 0. The molecule has 0 saturated carbocycles. The first-order valence-electron chi connectivity index (χ1n) is 9.59. The van der Waals surface area contributed by atoms with Gasteiger partial charge in [-0.15, -0.1) is 0 Å². The van der Waals surface area contributed by atoms with Crippen LogP contribution in [0.25, 0.3) is 0 Å². The maximum absolute atomic E-state index is 12.8. The number of hydrogen-bond acceptors (Lipinski definition) is 3. The van der Waals surface area contributed by atoms with Crippen LogP contribution in [0.1, 0.15) is 49.9 Å². The number of likely N-dealkylation sites (tertiary alicyclic amines) is 1. The van der Waals surface area contributed by atoms with Gasteiger partial charge in [0.1, 0.15) is 6.04 Å². The van der Waals surface area contributed by atoms with Gasteiger partial charge >= 0.3 is 5.97 Å². The highest BCUT2D eigenvalue weighted by Gasteiger charge is 2.44. The number of benzene rings is 2. The van der Waals surface area contributed by atoms with Gasteiger partial charge in [-0.2, -0.15) is 0 Å². The van der Waals surface area contributed by atoms with Crippen molar-refractivity contribution < 1.29 is 14.7 Å². The van der Waals surface area contributed by atoms with Crippen molar-refractivity contribution in [2.45, 2.75) is 50.9 Å². The lowest BCUT2D eigenvalue weighted by Gasteiger charge is -2.39. The van der Waals surface area contributed by atoms with Crippen LogP contribution in [0.3, 0.4) is 0 Å². The van der Waals surface area contributed by atoms with Crippen LogP contribution in [-0.2, 0) is 9.59 Å². The summed E-state index contributed by atoms with van der Waals surface area (Å²) in [5.74, 6) is -1.17. The smallest absolute Gasteiger partial charge is 0.326 e. The Hall–Kier alpha value is -2.08. The molecule has 7 heteroatoms. The van der Waals surface area contributed by atoms with E-state index in [4.69, 9.17) is 23.2 Å². The molecule has 0 radical (unpaired) electrons. The highest BCUT2D eigenvalue weighted by Crippen LogP contribution is 2.40. The van der Waals surface area contributed by atoms with E-state index in [-0.39, 0.29) is 24.4 Å². The van der Waals surface area contributed by atoms with Crippen LogP contribution in [0, 0.1) is 0 Å². The molecule has 0 aliphatic carbocycles. The van der Waals surface area contributed by atoms with Crippen molar-refractivity contribution >= 4 is 35.1 Å². The summed E-state index contributed by atoms with van der Waals surface area (Å²) in [6.45, 7) is 4.02. The Morgan fingerprint density at radius 1 is 1.10 bits per heavy atom. The lowest BCUT2D eigenvalue weighted by atomic mass is 9.90. The first-order valence-corrected chi connectivity index (χ1v) is 10.3. The number of carbonyl (C=O) groups is 2. The average molecular weight is 435 g/mol. The first-order chi connectivity index (χ1) is 13.8. The Kier molecular flexibility index (Phi) is 6.83. The fourth-order valence-corrected chi connectivity index (χ4v) is 4.22. The van der Waals surface area contributed by atoms with Gasteiger partial charge in [0, 0.05) is 22.5 Å². The molecule has 1 saturated heterocycles. The Morgan fingerprint density at radius 2 is 1.79 bits per heavy atom. The minimum atomic E-state index is -0.998. The highest BCUT2D eigenvalue weighted by atomic mass is 35.5. The Balaban J connectivity index is 2.16. The van der Waals surface area contributed by atoms with Gasteiger partial charge in [0.15, 0.2) is 0 Å². The second-order valence-corrected chi connectivity index (χ2v) is 8.42. The third kappa shape index (κ3) is 4.92. The van der Waals surface area contributed by atoms with E-state index in [2.05, 4.69) is 5.32 Å². The SMILES string of the molecule is CC(C)N[C@@H](c1ccc(Cl)cc1)[C@H](c1cccc(Cl)c1)N1C(=O)CC[C@@H]1C(=O)O. The second-order valence-electron chi connectivity index (χ2n) is 7.54. The van der Waals surface area contributed by atoms with E-state index in [9.17, 15) is 14.7 Å². The van der Waals surface area contributed by atoms with Crippen LogP contribution in [0.5, 0.6) is 0 Å². The largest absolute Gasteiger partial charge is 0.480 e. The van der Waals surface area contributed by atoms with Gasteiger partial charge in [-0.05, 0) is 41.8 Å². The minimum absolute atomic E-state index is 0.0957. The number of rotatable bonds is 7. The number of nitrogens with zero attached hydrogens (tertiary/aromatic N) is 1. The number of carboxylic acid groups (broad SMARTS) is 1. The monoisotopic (exact) mass is 434 g/mol. The summed E-state index contributed by atoms with van der Waals surface area (Å²) in [6.07, 6.45) is 0.503. The first kappa shape index (κ1) is 21.6. The Morgan fingerprint density at radius 3 is 2.38 bits per heavy atom. The van der Waals surface area contributed by atoms with Gasteiger partial charge in [0.25, 0.3) is 0 Å². The second kappa shape index (κ2) is 9.16. The normalized spacial score (nSPS) is 18.9. The van der Waals surface area contributed by atoms with Gasteiger partial charge in [0.05, 0.1) is 12.1 Å². The molecular formula is C22H24Cl2N2O3. The maximum Gasteiger partial charge on any atom is 0.326 e. The predicted molar refractivity (Wildman–Crippen MR) is 114 cm³/mol. The molecule has 5 nitrogen and oxygen atoms in total. The Bertz CT molecular complexity index is 886. The van der Waals surface area contributed by atoms with E-state index in [0.29, 0.717) is 16.5 Å². The van der Waals surface area contributed by atoms with E-state index in [1.807, 2.05) is 38.1 Å². The van der Waals surface area contributed by atoms with E-state index in [1.165, 1.54) is 4.90 Å². The molecule has 2 aromatic carbocycles. The van der Waals surface area contributed by atoms with Gasteiger partial charge < -0.3 is 15.3 Å². The lowest BCUT2D eigenvalue weighted by Crippen LogP contribution is -2.47. The van der Waals surface area contributed by atoms with Gasteiger partial charge in [0.2, 0.25) is 5.91 Å². The summed E-state index contributed by atoms with van der Waals surface area (Å²) in [5, 5.41) is 14.4. The molecule has 1 aliphatic rings. The van der Waals surface area contributed by atoms with E-state index in [0.717, 1.165) is 11.1 Å². The van der Waals surface area contributed by atoms with Crippen molar-refractivity contribution in [1.82, 2.24) is 10.2 Å². The lowest BCUT2D eigenvalue weighted by molar-refractivity contribution is -0.148. The predicted octanol–water partition coefficient (Wildman–Crippen LogP) is 4.85. The van der Waals surface area contributed by atoms with Crippen LogP contribution in [-0.4, -0.2) is 34.0 Å². The van der Waals surface area contributed by atoms with Gasteiger partial charge in [-0.3, -0.25) is 4.79 Å². The molecule has 154 valence electrons. The average Bonchev–Trinajstić information content (AvgIpc) is 3.03. The van der Waals surface area contributed by atoms with Crippen molar-refractivity contribution in [2.75, 3.05) is 0 Å². The number of amides is 1. The molecule has 29 heavy (non-hydrogen) atoms. The van der Waals surface area contributed by atoms with Crippen LogP contribution < -0.4 is 5.32 Å². The summed E-state index contributed by atoms with van der Waals surface area (Å²) in [4.78, 5) is 26.3. The number of hydrogen-bond donors (Lipinski definition) is 2. The zero-order valence-corrected chi connectivity index (χ0v) is 17.8. The van der Waals surface area contributed by atoms with Crippen LogP contribution >= 0.6 is 23.2 Å². The molecule has 1 fully saturated rings. The molecule has 3 atom stereocenters. The number of carbonyl (C=O) groups excluding carboxylic acids is 1. The fourth-order valence-electron chi connectivity index (χ4n) is 3.90. The molecule has 3 rings (SSSR count). The van der Waals surface area contributed by atoms with Crippen LogP contribution in [0.2, 0.25) is 10.0 Å². The number of nitrogens with one attached hydrogen (secondary N) is 1. The molecule has 0 bridgehead atoms. The van der Waals surface area contributed by atoms with E-state index >= 15 is 0 Å². The number of halogens is 2. The highest BCUT2D eigenvalue weighted by molar-refractivity contribution is 6.30. The van der Waals surface area contributed by atoms with E-state index < -0.39 is 18.1 Å². The van der Waals surface area contributed by atoms with Crippen molar-refractivity contribution in [2.24, 2.45) is 0 Å². The zero-order chi connectivity index (χ0) is 21.1. The molecule has 1 aliphatic heterocycles. The number of aliphatic carboxylic acids is 1. The third-order valence-corrected chi connectivity index (χ3v) is 5.58.